The highest BCUT2D eigenvalue weighted by molar-refractivity contribution is 14.0. The summed E-state index contributed by atoms with van der Waals surface area (Å²) >= 11 is 0. The number of aromatic amines is 1. The zero-order chi connectivity index (χ0) is 20.1. The van der Waals surface area contributed by atoms with E-state index in [1.807, 2.05) is 12.1 Å². The third-order valence-electron chi connectivity index (χ3n) is 5.46. The van der Waals surface area contributed by atoms with Crippen molar-refractivity contribution in [1.29, 1.82) is 0 Å². The second-order valence-electron chi connectivity index (χ2n) is 7.82. The lowest BCUT2D eigenvalue weighted by molar-refractivity contribution is -0.126. The minimum atomic E-state index is 0. The number of nitrogens with one attached hydrogen (secondary N) is 4. The molecular formula is C20H30IN7O2. The quantitative estimate of drug-likeness (QED) is 0.249. The molecule has 2 heterocycles. The van der Waals surface area contributed by atoms with Gasteiger partial charge in [0.05, 0.1) is 6.26 Å². The summed E-state index contributed by atoms with van der Waals surface area (Å²) in [6, 6.07) is 4.34. The minimum absolute atomic E-state index is 0. The van der Waals surface area contributed by atoms with Crippen molar-refractivity contribution in [1.82, 2.24) is 31.1 Å². The average molecular weight is 527 g/mol. The Hall–Kier alpha value is -2.11. The summed E-state index contributed by atoms with van der Waals surface area (Å²) in [6.07, 6.45) is 8.50. The molecule has 30 heavy (non-hydrogen) atoms. The fourth-order valence-corrected chi connectivity index (χ4v) is 3.72. The van der Waals surface area contributed by atoms with Crippen molar-refractivity contribution in [2.75, 3.05) is 13.6 Å². The first-order chi connectivity index (χ1) is 14.2. The molecule has 2 aliphatic carbocycles. The maximum absolute atomic E-state index is 12.4. The van der Waals surface area contributed by atoms with Gasteiger partial charge in [0, 0.05) is 38.0 Å². The Morgan fingerprint density at radius 3 is 2.87 bits per heavy atom. The lowest BCUT2D eigenvalue weighted by atomic mass is 9.85. The number of halogens is 1. The van der Waals surface area contributed by atoms with Crippen LogP contribution >= 0.6 is 24.0 Å². The maximum Gasteiger partial charge on any atom is 0.223 e. The largest absolute Gasteiger partial charge is 0.461 e. The minimum Gasteiger partial charge on any atom is -0.461 e. The zero-order valence-electron chi connectivity index (χ0n) is 17.2. The van der Waals surface area contributed by atoms with E-state index < -0.39 is 0 Å². The lowest BCUT2D eigenvalue weighted by Crippen LogP contribution is -2.47. The van der Waals surface area contributed by atoms with Crippen LogP contribution in [-0.2, 0) is 11.2 Å². The molecule has 2 aliphatic rings. The van der Waals surface area contributed by atoms with Crippen LogP contribution in [0.15, 0.2) is 27.8 Å². The summed E-state index contributed by atoms with van der Waals surface area (Å²) in [4.78, 5) is 21.1. The molecule has 2 fully saturated rings. The van der Waals surface area contributed by atoms with Crippen LogP contribution in [0.4, 0.5) is 0 Å². The molecule has 2 aromatic heterocycles. The summed E-state index contributed by atoms with van der Waals surface area (Å²) < 4.78 is 5.31. The molecule has 164 valence electrons. The molecule has 2 aromatic rings. The van der Waals surface area contributed by atoms with Gasteiger partial charge in [-0.3, -0.25) is 14.9 Å². The lowest BCUT2D eigenvalue weighted by Gasteiger charge is -2.30. The Morgan fingerprint density at radius 2 is 2.13 bits per heavy atom. The van der Waals surface area contributed by atoms with Gasteiger partial charge in [-0.15, -0.1) is 24.0 Å². The number of hydrogen-bond donors (Lipinski definition) is 4. The highest BCUT2D eigenvalue weighted by Gasteiger charge is 2.31. The number of aromatic nitrogens is 3. The van der Waals surface area contributed by atoms with Gasteiger partial charge in [-0.25, -0.2) is 4.98 Å². The number of hydrogen-bond acceptors (Lipinski definition) is 5. The number of amides is 1. The van der Waals surface area contributed by atoms with Crippen molar-refractivity contribution in [3.05, 3.63) is 24.2 Å². The summed E-state index contributed by atoms with van der Waals surface area (Å²) in [6.45, 7) is 0.671. The molecule has 1 amide bonds. The van der Waals surface area contributed by atoms with Crippen LogP contribution in [0.1, 0.15) is 44.3 Å². The van der Waals surface area contributed by atoms with Gasteiger partial charge in [-0.05, 0) is 44.2 Å². The number of furan rings is 1. The number of rotatable bonds is 7. The van der Waals surface area contributed by atoms with Crippen LogP contribution in [0.3, 0.4) is 0 Å². The zero-order valence-corrected chi connectivity index (χ0v) is 19.5. The molecule has 0 saturated heterocycles. The molecule has 2 unspecified atom stereocenters. The van der Waals surface area contributed by atoms with Gasteiger partial charge in [0.15, 0.2) is 11.7 Å². The Kier molecular flexibility index (Phi) is 8.11. The normalized spacial score (nSPS) is 21.6. The SMILES string of the molecule is CN=C(NCCc1nc(-c2ccco2)n[nH]1)NC1CCCC(C(=O)NC2CC2)C1.I. The number of aliphatic imine (C=N–C) groups is 1. The second-order valence-corrected chi connectivity index (χ2v) is 7.82. The molecule has 0 aliphatic heterocycles. The molecular weight excluding hydrogens is 497 g/mol. The van der Waals surface area contributed by atoms with Gasteiger partial charge < -0.3 is 20.4 Å². The second kappa shape index (κ2) is 10.8. The molecule has 0 bridgehead atoms. The fourth-order valence-electron chi connectivity index (χ4n) is 3.72. The number of carbonyl (C=O) groups excluding carboxylic acids is 1. The van der Waals surface area contributed by atoms with Crippen molar-refractivity contribution >= 4 is 35.8 Å². The Labute approximate surface area is 193 Å². The third kappa shape index (κ3) is 6.19. The Morgan fingerprint density at radius 1 is 1.27 bits per heavy atom. The summed E-state index contributed by atoms with van der Waals surface area (Å²) in [5.74, 6) is 3.08. The van der Waals surface area contributed by atoms with Gasteiger partial charge >= 0.3 is 0 Å². The molecule has 10 heteroatoms. The standard InChI is InChI=1S/C20H29N7O2.HI/c1-21-20(22-10-9-17-25-18(27-26-17)16-6-3-11-29-16)24-15-5-2-4-13(12-15)19(28)23-14-7-8-14;/h3,6,11,13-15H,2,4-5,7-10,12H2,1H3,(H,23,28)(H2,21,22,24)(H,25,26,27);1H. The first-order valence-corrected chi connectivity index (χ1v) is 10.4. The number of nitrogens with zero attached hydrogens (tertiary/aromatic N) is 3. The predicted octanol–water partition coefficient (Wildman–Crippen LogP) is 2.23. The summed E-state index contributed by atoms with van der Waals surface area (Å²) in [7, 11) is 1.76. The monoisotopic (exact) mass is 527 g/mol. The van der Waals surface area contributed by atoms with Crippen LogP contribution in [0, 0.1) is 5.92 Å². The van der Waals surface area contributed by atoms with Gasteiger partial charge in [0.25, 0.3) is 0 Å². The highest BCUT2D eigenvalue weighted by Crippen LogP contribution is 2.26. The molecule has 0 radical (unpaired) electrons. The number of H-pyrrole nitrogens is 1. The van der Waals surface area contributed by atoms with Crippen LogP contribution in [0.2, 0.25) is 0 Å². The maximum atomic E-state index is 12.4. The molecule has 2 saturated carbocycles. The van der Waals surface area contributed by atoms with Crippen molar-refractivity contribution in [2.45, 2.75) is 57.0 Å². The van der Waals surface area contributed by atoms with Crippen LogP contribution in [0.25, 0.3) is 11.6 Å². The fraction of sp³-hybridized carbons (Fsp3) is 0.600. The summed E-state index contributed by atoms with van der Waals surface area (Å²) in [5.41, 5.74) is 0. The molecule has 0 aromatic carbocycles. The van der Waals surface area contributed by atoms with Crippen LogP contribution in [-0.4, -0.2) is 52.7 Å². The van der Waals surface area contributed by atoms with E-state index in [2.05, 4.69) is 36.1 Å². The highest BCUT2D eigenvalue weighted by atomic mass is 127. The van der Waals surface area contributed by atoms with E-state index in [9.17, 15) is 4.79 Å². The van der Waals surface area contributed by atoms with E-state index in [1.165, 1.54) is 0 Å². The van der Waals surface area contributed by atoms with Crippen molar-refractivity contribution in [3.8, 4) is 11.6 Å². The first kappa shape index (κ1) is 22.6. The molecule has 9 nitrogen and oxygen atoms in total. The number of guanidine groups is 1. The first-order valence-electron chi connectivity index (χ1n) is 10.4. The van der Waals surface area contributed by atoms with Crippen LogP contribution < -0.4 is 16.0 Å². The van der Waals surface area contributed by atoms with E-state index in [4.69, 9.17) is 4.42 Å². The molecule has 0 spiro atoms. The van der Waals surface area contributed by atoms with Crippen molar-refractivity contribution in [2.24, 2.45) is 10.9 Å². The predicted molar refractivity (Wildman–Crippen MR) is 125 cm³/mol. The Balaban J connectivity index is 0.00000256. The van der Waals surface area contributed by atoms with Crippen molar-refractivity contribution in [3.63, 3.8) is 0 Å². The van der Waals surface area contributed by atoms with E-state index in [1.54, 1.807) is 13.3 Å². The van der Waals surface area contributed by atoms with Gasteiger partial charge in [-0.1, -0.05) is 6.42 Å². The Bertz CT molecular complexity index is 832. The molecule has 2 atom stereocenters. The van der Waals surface area contributed by atoms with Gasteiger partial charge in [0.2, 0.25) is 11.7 Å². The van der Waals surface area contributed by atoms with E-state index >= 15 is 0 Å². The smallest absolute Gasteiger partial charge is 0.223 e. The van der Waals surface area contributed by atoms with E-state index in [-0.39, 0.29) is 41.8 Å². The topological polar surface area (TPSA) is 120 Å². The third-order valence-corrected chi connectivity index (χ3v) is 5.46. The average Bonchev–Trinajstić information content (AvgIpc) is 3.20. The molecule has 4 N–H and O–H groups in total. The van der Waals surface area contributed by atoms with Crippen LogP contribution in [0.5, 0.6) is 0 Å². The van der Waals surface area contributed by atoms with Gasteiger partial charge in [-0.2, -0.15) is 5.10 Å². The molecule has 4 rings (SSSR count). The van der Waals surface area contributed by atoms with Gasteiger partial charge in [0.1, 0.15) is 5.82 Å². The van der Waals surface area contributed by atoms with E-state index in [0.29, 0.717) is 30.6 Å². The van der Waals surface area contributed by atoms with E-state index in [0.717, 1.165) is 50.3 Å². The summed E-state index contributed by atoms with van der Waals surface area (Å²) in [5, 5.41) is 17.1. The number of carbonyl (C=O) groups is 1. The van der Waals surface area contributed by atoms with Crippen molar-refractivity contribution < 1.29 is 9.21 Å².